The van der Waals surface area contributed by atoms with Crippen LogP contribution in [0.2, 0.25) is 0 Å². The highest BCUT2D eigenvalue weighted by molar-refractivity contribution is 5.86. The van der Waals surface area contributed by atoms with E-state index in [-0.39, 0.29) is 18.9 Å². The molecule has 1 amide bonds. The predicted octanol–water partition coefficient (Wildman–Crippen LogP) is 3.50. The number of nitrogens with zero attached hydrogens (tertiary/aromatic N) is 1. The first-order valence-electron chi connectivity index (χ1n) is 8.77. The molecule has 1 aliphatic rings. The summed E-state index contributed by atoms with van der Waals surface area (Å²) in [6, 6.07) is 12.8. The van der Waals surface area contributed by atoms with Crippen molar-refractivity contribution in [3.8, 4) is 5.75 Å². The molecule has 0 saturated carbocycles. The number of rotatable bonds is 2. The summed E-state index contributed by atoms with van der Waals surface area (Å²) in [6.07, 6.45) is 0.0770. The number of fused-ring (bicyclic) bond motifs is 3. The third-order valence-electron chi connectivity index (χ3n) is 4.95. The maximum Gasteiger partial charge on any atom is 0.410 e. The largest absolute Gasteiger partial charge is 0.508 e. The zero-order chi connectivity index (χ0) is 19.0. The normalized spacial score (nSPS) is 13.4. The SMILES string of the molecule is Cc1c(O)ccc2c3c(c(=O)oc12)CN(C(=O)OCc1ccccc1)CC3. The van der Waals surface area contributed by atoms with Gasteiger partial charge in [0.15, 0.2) is 0 Å². The number of carbonyl (C=O) groups is 1. The molecule has 0 fully saturated rings. The van der Waals surface area contributed by atoms with Gasteiger partial charge in [0.2, 0.25) is 0 Å². The van der Waals surface area contributed by atoms with E-state index in [1.165, 1.54) is 4.90 Å². The molecule has 0 radical (unpaired) electrons. The van der Waals surface area contributed by atoms with E-state index in [2.05, 4.69) is 0 Å². The van der Waals surface area contributed by atoms with E-state index in [1.807, 2.05) is 30.3 Å². The maximum atomic E-state index is 12.5. The van der Waals surface area contributed by atoms with Crippen molar-refractivity contribution in [1.82, 2.24) is 4.90 Å². The van der Waals surface area contributed by atoms with Crippen molar-refractivity contribution >= 4 is 17.1 Å². The van der Waals surface area contributed by atoms with Gasteiger partial charge in [-0.2, -0.15) is 0 Å². The molecule has 0 aliphatic carbocycles. The highest BCUT2D eigenvalue weighted by Gasteiger charge is 2.27. The van der Waals surface area contributed by atoms with Crippen LogP contribution in [0.5, 0.6) is 5.75 Å². The van der Waals surface area contributed by atoms with Crippen LogP contribution in [-0.4, -0.2) is 22.6 Å². The van der Waals surface area contributed by atoms with E-state index in [1.54, 1.807) is 19.1 Å². The van der Waals surface area contributed by atoms with E-state index in [9.17, 15) is 14.7 Å². The van der Waals surface area contributed by atoms with Crippen molar-refractivity contribution in [2.24, 2.45) is 0 Å². The van der Waals surface area contributed by atoms with Crippen molar-refractivity contribution in [3.63, 3.8) is 0 Å². The van der Waals surface area contributed by atoms with Crippen molar-refractivity contribution in [3.05, 3.63) is 75.1 Å². The third-order valence-corrected chi connectivity index (χ3v) is 4.95. The van der Waals surface area contributed by atoms with Gasteiger partial charge in [0, 0.05) is 17.5 Å². The standard InChI is InChI=1S/C21H19NO5/c1-13-18(23)8-7-16-15-9-10-22(11-17(15)20(24)27-19(13)16)21(25)26-12-14-5-3-2-4-6-14/h2-8,23H,9-12H2,1H3. The van der Waals surface area contributed by atoms with Gasteiger partial charge in [-0.1, -0.05) is 30.3 Å². The molecule has 2 heterocycles. The lowest BCUT2D eigenvalue weighted by Gasteiger charge is -2.28. The van der Waals surface area contributed by atoms with E-state index >= 15 is 0 Å². The van der Waals surface area contributed by atoms with Crippen LogP contribution < -0.4 is 5.63 Å². The van der Waals surface area contributed by atoms with Crippen LogP contribution in [0, 0.1) is 6.92 Å². The Morgan fingerprint density at radius 3 is 2.74 bits per heavy atom. The lowest BCUT2D eigenvalue weighted by molar-refractivity contribution is 0.0915. The molecule has 6 heteroatoms. The number of hydrogen-bond donors (Lipinski definition) is 1. The molecular weight excluding hydrogens is 346 g/mol. The van der Waals surface area contributed by atoms with Gasteiger partial charge in [0.05, 0.1) is 12.1 Å². The Morgan fingerprint density at radius 2 is 1.96 bits per heavy atom. The highest BCUT2D eigenvalue weighted by atomic mass is 16.6. The van der Waals surface area contributed by atoms with Gasteiger partial charge in [-0.25, -0.2) is 9.59 Å². The number of ether oxygens (including phenoxy) is 1. The number of carbonyl (C=O) groups excluding carboxylic acids is 1. The van der Waals surface area contributed by atoms with Gasteiger partial charge < -0.3 is 19.2 Å². The molecule has 1 aliphatic heterocycles. The fourth-order valence-corrected chi connectivity index (χ4v) is 3.42. The molecule has 138 valence electrons. The Bertz CT molecular complexity index is 1070. The minimum Gasteiger partial charge on any atom is -0.508 e. The van der Waals surface area contributed by atoms with Crippen molar-refractivity contribution in [2.75, 3.05) is 6.54 Å². The zero-order valence-electron chi connectivity index (χ0n) is 14.9. The first-order valence-corrected chi connectivity index (χ1v) is 8.77. The Balaban J connectivity index is 1.58. The van der Waals surface area contributed by atoms with E-state index in [0.717, 1.165) is 16.5 Å². The number of hydrogen-bond acceptors (Lipinski definition) is 5. The molecule has 4 rings (SSSR count). The Labute approximate surface area is 155 Å². The number of benzene rings is 2. The quantitative estimate of drug-likeness (QED) is 0.703. The Morgan fingerprint density at radius 1 is 1.19 bits per heavy atom. The first-order chi connectivity index (χ1) is 13.0. The van der Waals surface area contributed by atoms with Crippen LogP contribution in [0.1, 0.15) is 22.3 Å². The third kappa shape index (κ3) is 3.14. The van der Waals surface area contributed by atoms with Gasteiger partial charge >= 0.3 is 11.7 Å². The summed E-state index contributed by atoms with van der Waals surface area (Å²) in [6.45, 7) is 2.51. The molecule has 6 nitrogen and oxygen atoms in total. The number of aromatic hydroxyl groups is 1. The minimum absolute atomic E-state index is 0.0903. The van der Waals surface area contributed by atoms with Crippen LogP contribution in [0.25, 0.3) is 11.0 Å². The summed E-state index contributed by atoms with van der Waals surface area (Å²) in [5, 5.41) is 10.7. The van der Waals surface area contributed by atoms with Crippen LogP contribution in [-0.2, 0) is 24.3 Å². The van der Waals surface area contributed by atoms with Crippen LogP contribution in [0.3, 0.4) is 0 Å². The van der Waals surface area contributed by atoms with Gasteiger partial charge in [-0.3, -0.25) is 0 Å². The highest BCUT2D eigenvalue weighted by Crippen LogP contribution is 2.31. The number of aryl methyl sites for hydroxylation is 1. The lowest BCUT2D eigenvalue weighted by atomic mass is 9.96. The van der Waals surface area contributed by atoms with Crippen molar-refractivity contribution in [1.29, 1.82) is 0 Å². The summed E-state index contributed by atoms with van der Waals surface area (Å²) in [5.74, 6) is 0.0903. The average Bonchev–Trinajstić information content (AvgIpc) is 2.70. The van der Waals surface area contributed by atoms with Gasteiger partial charge in [-0.05, 0) is 36.6 Å². The van der Waals surface area contributed by atoms with Crippen molar-refractivity contribution < 1.29 is 19.1 Å². The molecule has 0 atom stereocenters. The fourth-order valence-electron chi connectivity index (χ4n) is 3.42. The van der Waals surface area contributed by atoms with E-state index in [0.29, 0.717) is 29.7 Å². The molecule has 0 spiro atoms. The molecular formula is C21H19NO5. The topological polar surface area (TPSA) is 80.0 Å². The summed E-state index contributed by atoms with van der Waals surface area (Å²) >= 11 is 0. The molecule has 1 N–H and O–H groups in total. The number of phenolic OH excluding ortho intramolecular Hbond substituents is 1. The summed E-state index contributed by atoms with van der Waals surface area (Å²) < 4.78 is 10.8. The smallest absolute Gasteiger partial charge is 0.410 e. The Kier molecular flexibility index (Phi) is 4.32. The van der Waals surface area contributed by atoms with Gasteiger partial charge in [0.25, 0.3) is 0 Å². The molecule has 1 aromatic heterocycles. The zero-order valence-corrected chi connectivity index (χ0v) is 14.9. The summed E-state index contributed by atoms with van der Waals surface area (Å²) in [7, 11) is 0. The molecule has 3 aromatic rings. The Hall–Kier alpha value is -3.28. The molecule has 0 bridgehead atoms. The fraction of sp³-hybridized carbons (Fsp3) is 0.238. The van der Waals surface area contributed by atoms with E-state index in [4.69, 9.17) is 9.15 Å². The molecule has 0 saturated heterocycles. The van der Waals surface area contributed by atoms with Crippen molar-refractivity contribution in [2.45, 2.75) is 26.5 Å². The number of phenols is 1. The second-order valence-electron chi connectivity index (χ2n) is 6.64. The predicted molar refractivity (Wildman–Crippen MR) is 99.6 cm³/mol. The second-order valence-corrected chi connectivity index (χ2v) is 6.64. The van der Waals surface area contributed by atoms with Crippen LogP contribution in [0.4, 0.5) is 4.79 Å². The summed E-state index contributed by atoms with van der Waals surface area (Å²) in [5.41, 5.74) is 2.71. The molecule has 0 unspecified atom stereocenters. The minimum atomic E-state index is -0.480. The average molecular weight is 365 g/mol. The lowest BCUT2D eigenvalue weighted by Crippen LogP contribution is -2.38. The molecule has 27 heavy (non-hydrogen) atoms. The summed E-state index contributed by atoms with van der Waals surface area (Å²) in [4.78, 5) is 26.4. The van der Waals surface area contributed by atoms with Crippen LogP contribution >= 0.6 is 0 Å². The first kappa shape index (κ1) is 17.1. The van der Waals surface area contributed by atoms with Gasteiger partial charge in [-0.15, -0.1) is 0 Å². The molecule has 2 aromatic carbocycles. The second kappa shape index (κ2) is 6.79. The van der Waals surface area contributed by atoms with Crippen LogP contribution in [0.15, 0.2) is 51.7 Å². The maximum absolute atomic E-state index is 12.5. The van der Waals surface area contributed by atoms with E-state index < -0.39 is 11.7 Å². The number of amides is 1. The monoisotopic (exact) mass is 365 g/mol. The van der Waals surface area contributed by atoms with Gasteiger partial charge in [0.1, 0.15) is 17.9 Å².